The lowest BCUT2D eigenvalue weighted by atomic mass is 9.71. The summed E-state index contributed by atoms with van der Waals surface area (Å²) < 4.78 is 0. The molecule has 198 valence electrons. The minimum atomic E-state index is 0. The van der Waals surface area contributed by atoms with Gasteiger partial charge in [0.2, 0.25) is 0 Å². The van der Waals surface area contributed by atoms with E-state index in [0.29, 0.717) is 0 Å². The molecule has 5 nitrogen and oxygen atoms in total. The Balaban J connectivity index is 0.000000188. The summed E-state index contributed by atoms with van der Waals surface area (Å²) in [4.78, 5) is 11.1. The minimum Gasteiger partial charge on any atom is -0.363 e. The van der Waals surface area contributed by atoms with Crippen LogP contribution in [0.25, 0.3) is 0 Å². The van der Waals surface area contributed by atoms with Crippen molar-refractivity contribution in [3.05, 3.63) is 0 Å². The van der Waals surface area contributed by atoms with Gasteiger partial charge in [0.05, 0.1) is 13.1 Å². The lowest BCUT2D eigenvalue weighted by Crippen LogP contribution is -2.48. The van der Waals surface area contributed by atoms with Crippen LogP contribution in [0.2, 0.25) is 0 Å². The van der Waals surface area contributed by atoms with Gasteiger partial charge in [-0.05, 0) is 42.8 Å². The highest BCUT2D eigenvalue weighted by atomic mass is 127. The summed E-state index contributed by atoms with van der Waals surface area (Å²) in [5, 5.41) is 7.60. The molecule has 0 aromatic carbocycles. The van der Waals surface area contributed by atoms with Crippen LogP contribution in [-0.2, 0) is 0 Å². The van der Waals surface area contributed by atoms with Gasteiger partial charge in [0.25, 0.3) is 0 Å². The molecule has 4 fully saturated rings. The zero-order valence-corrected chi connectivity index (χ0v) is 26.8. The predicted octanol–water partition coefficient (Wildman–Crippen LogP) is 6.37. The average Bonchev–Trinajstić information content (AvgIpc) is 3.59. The molecule has 0 radical (unpaired) electrons. The molecule has 2 unspecified atom stereocenters. The first-order chi connectivity index (χ1) is 15.8. The van der Waals surface area contributed by atoms with E-state index in [4.69, 9.17) is 0 Å². The second-order valence-corrected chi connectivity index (χ2v) is 11.4. The van der Waals surface area contributed by atoms with Crippen molar-refractivity contribution in [3.63, 3.8) is 0 Å². The Bertz CT molecular complexity index is 606. The molecular weight excluding hydrogens is 668 g/mol. The van der Waals surface area contributed by atoms with Crippen molar-refractivity contribution in [2.75, 3.05) is 45.5 Å². The van der Waals surface area contributed by atoms with Crippen LogP contribution in [-0.4, -0.2) is 61.6 Å². The Morgan fingerprint density at radius 3 is 1.62 bits per heavy atom. The number of likely N-dealkylation sites (tertiary alicyclic amines) is 1. The van der Waals surface area contributed by atoms with Gasteiger partial charge in [-0.2, -0.15) is 0 Å². The lowest BCUT2D eigenvalue weighted by molar-refractivity contribution is 0.128. The highest BCUT2D eigenvalue weighted by molar-refractivity contribution is 14.0. The fraction of sp³-hybridized carbons (Fsp3) is 0.923. The van der Waals surface area contributed by atoms with Gasteiger partial charge in [-0.1, -0.05) is 82.4 Å². The van der Waals surface area contributed by atoms with E-state index in [-0.39, 0.29) is 48.0 Å². The van der Waals surface area contributed by atoms with Gasteiger partial charge in [0.1, 0.15) is 0 Å². The molecule has 0 bridgehead atoms. The van der Waals surface area contributed by atoms with Gasteiger partial charge >= 0.3 is 0 Å². The molecule has 3 aliphatic heterocycles. The maximum Gasteiger partial charge on any atom is 0.194 e. The number of halogens is 2. The van der Waals surface area contributed by atoms with Crippen LogP contribution in [0.1, 0.15) is 83.5 Å². The molecule has 0 aromatic rings. The number of hydrogen-bond donors (Lipinski definition) is 2. The maximum atomic E-state index is 4.53. The predicted molar refractivity (Wildman–Crippen MR) is 171 cm³/mol. The van der Waals surface area contributed by atoms with E-state index in [9.17, 15) is 0 Å². The molecule has 8 heteroatoms. The number of nitrogens with zero attached hydrogens (tertiary/aromatic N) is 3. The topological polar surface area (TPSA) is 52.0 Å². The van der Waals surface area contributed by atoms with Gasteiger partial charge in [-0.25, -0.2) is 0 Å². The lowest BCUT2D eigenvalue weighted by Gasteiger charge is -2.41. The number of hydrogen-bond acceptors (Lipinski definition) is 6. The van der Waals surface area contributed by atoms with Gasteiger partial charge in [0.15, 0.2) is 11.1 Å². The van der Waals surface area contributed by atoms with E-state index in [1.807, 2.05) is 6.26 Å². The van der Waals surface area contributed by atoms with Crippen molar-refractivity contribution >= 4 is 70.8 Å². The Morgan fingerprint density at radius 2 is 1.18 bits per heavy atom. The summed E-state index contributed by atoms with van der Waals surface area (Å²) in [6, 6.07) is 0. The van der Waals surface area contributed by atoms with Crippen LogP contribution in [0, 0.1) is 23.7 Å². The Hall–Kier alpha value is 0.550. The molecule has 0 spiro atoms. The van der Waals surface area contributed by atoms with Crippen LogP contribution in [0.4, 0.5) is 0 Å². The largest absolute Gasteiger partial charge is 0.363 e. The fourth-order valence-corrected chi connectivity index (χ4v) is 7.23. The number of amidine groups is 1. The number of fused-ring (bicyclic) bond motifs is 2. The first kappa shape index (κ1) is 30.8. The van der Waals surface area contributed by atoms with Crippen molar-refractivity contribution in [2.45, 2.75) is 83.5 Å². The van der Waals surface area contributed by atoms with E-state index in [2.05, 4.69) is 25.5 Å². The van der Waals surface area contributed by atoms with Gasteiger partial charge in [-0.3, -0.25) is 9.98 Å². The molecule has 3 heterocycles. The van der Waals surface area contributed by atoms with Crippen LogP contribution in [0.15, 0.2) is 9.98 Å². The zero-order valence-electron chi connectivity index (χ0n) is 21.3. The van der Waals surface area contributed by atoms with Crippen molar-refractivity contribution < 1.29 is 0 Å². The van der Waals surface area contributed by atoms with E-state index in [0.717, 1.165) is 55.0 Å². The Labute approximate surface area is 247 Å². The first-order valence-electron chi connectivity index (χ1n) is 13.7. The molecule has 34 heavy (non-hydrogen) atoms. The molecule has 3 saturated carbocycles. The number of nitrogens with one attached hydrogen (secondary N) is 2. The highest BCUT2D eigenvalue weighted by Gasteiger charge is 2.32. The Morgan fingerprint density at radius 1 is 0.676 bits per heavy atom. The number of rotatable bonds is 0. The van der Waals surface area contributed by atoms with Crippen LogP contribution >= 0.6 is 59.7 Å². The smallest absolute Gasteiger partial charge is 0.194 e. The van der Waals surface area contributed by atoms with Crippen molar-refractivity contribution in [1.82, 2.24) is 15.5 Å². The summed E-state index contributed by atoms with van der Waals surface area (Å²) in [5.41, 5.74) is 0. The monoisotopic (exact) mass is 717 g/mol. The Kier molecular flexibility index (Phi) is 15.5. The SMILES string of the molecule is C1CCC2CCCCC2C1.C1CCC2CN(C3=NCCN3)CCC2C1.CSC1=NCCN1.I.I. The average molecular weight is 718 g/mol. The summed E-state index contributed by atoms with van der Waals surface area (Å²) >= 11 is 1.67. The van der Waals surface area contributed by atoms with E-state index < -0.39 is 0 Å². The molecule has 3 aliphatic carbocycles. The molecule has 2 atom stereocenters. The zero-order chi connectivity index (χ0) is 22.0. The number of guanidine groups is 1. The molecule has 6 rings (SSSR count). The van der Waals surface area contributed by atoms with Crippen molar-refractivity contribution in [1.29, 1.82) is 0 Å². The van der Waals surface area contributed by atoms with E-state index in [1.54, 1.807) is 37.4 Å². The van der Waals surface area contributed by atoms with Crippen LogP contribution in [0.3, 0.4) is 0 Å². The number of thioether (sulfide) groups is 1. The molecular formula is C26H49I2N5S. The van der Waals surface area contributed by atoms with Gasteiger partial charge in [0, 0.05) is 26.2 Å². The van der Waals surface area contributed by atoms with Gasteiger partial charge < -0.3 is 15.5 Å². The maximum absolute atomic E-state index is 4.53. The first-order valence-corrected chi connectivity index (χ1v) is 14.9. The quantitative estimate of drug-likeness (QED) is 0.287. The van der Waals surface area contributed by atoms with Crippen molar-refractivity contribution in [3.8, 4) is 0 Å². The van der Waals surface area contributed by atoms with E-state index >= 15 is 0 Å². The van der Waals surface area contributed by atoms with Crippen LogP contribution < -0.4 is 10.6 Å². The fourth-order valence-electron chi connectivity index (χ4n) is 6.76. The third-order valence-electron chi connectivity index (χ3n) is 8.55. The number of piperidine rings is 1. The van der Waals surface area contributed by atoms with Gasteiger partial charge in [-0.15, -0.1) is 48.0 Å². The summed E-state index contributed by atoms with van der Waals surface area (Å²) in [7, 11) is 0. The third kappa shape index (κ3) is 9.45. The standard InChI is InChI=1S/C12H21N3.C10H18.C4H8N2S.2HI/c1-2-4-11-9-15(8-5-10(11)3-1)12-13-6-7-14-12;1-2-6-10-8-4-3-7-9(10)5-1;1-7-4-5-2-3-6-4;;/h10-11H,1-9H2,(H,13,14);9-10H,1-8H2;2-3H2,1H3,(H,5,6);2*1H. The second-order valence-electron chi connectivity index (χ2n) is 10.6. The molecule has 6 aliphatic rings. The molecule has 1 saturated heterocycles. The minimum absolute atomic E-state index is 0. The normalized spacial score (nSPS) is 31.6. The number of aliphatic imine (C=N–C) groups is 2. The third-order valence-corrected chi connectivity index (χ3v) is 9.21. The molecule has 2 N–H and O–H groups in total. The van der Waals surface area contributed by atoms with E-state index in [1.165, 1.54) is 76.8 Å². The summed E-state index contributed by atoms with van der Waals surface area (Å²) in [6.45, 7) is 6.48. The summed E-state index contributed by atoms with van der Waals surface area (Å²) in [5.74, 6) is 5.47. The molecule has 0 amide bonds. The molecule has 0 aromatic heterocycles. The van der Waals surface area contributed by atoms with Crippen LogP contribution in [0.5, 0.6) is 0 Å². The van der Waals surface area contributed by atoms with Crippen molar-refractivity contribution in [2.24, 2.45) is 33.7 Å². The highest BCUT2D eigenvalue weighted by Crippen LogP contribution is 2.40. The summed E-state index contributed by atoms with van der Waals surface area (Å²) in [6.07, 6.45) is 21.6. The second kappa shape index (κ2) is 17.1.